The maximum Gasteiger partial charge on any atom is 0.236 e. The molecule has 0 amide bonds. The van der Waals surface area contributed by atoms with E-state index in [2.05, 4.69) is 60.6 Å². The summed E-state index contributed by atoms with van der Waals surface area (Å²) in [7, 11) is 0. The Labute approximate surface area is 177 Å². The van der Waals surface area contributed by atoms with Crippen LogP contribution >= 0.6 is 0 Å². The molecule has 2 rings (SSSR count). The second-order valence-corrected chi connectivity index (χ2v) is 8.15. The Morgan fingerprint density at radius 2 is 1.48 bits per heavy atom. The minimum absolute atomic E-state index is 0.127. The van der Waals surface area contributed by atoms with E-state index in [1.165, 1.54) is 5.56 Å². The molecule has 0 unspecified atom stereocenters. The molecule has 1 heterocycles. The molecular formula is C25H38N2O2. The number of rotatable bonds is 10. The zero-order chi connectivity index (χ0) is 21.6. The first-order chi connectivity index (χ1) is 13.9. The molecule has 0 aliphatic heterocycles. The molecule has 0 bridgehead atoms. The van der Waals surface area contributed by atoms with Crippen LogP contribution in [0.3, 0.4) is 0 Å². The van der Waals surface area contributed by atoms with Gasteiger partial charge in [-0.05, 0) is 61.8 Å². The van der Waals surface area contributed by atoms with Crippen LogP contribution in [0.2, 0.25) is 0 Å². The van der Waals surface area contributed by atoms with Gasteiger partial charge in [0.25, 0.3) is 0 Å². The molecule has 0 fully saturated rings. The maximum atomic E-state index is 6.41. The molecular weight excluding hydrogens is 360 g/mol. The van der Waals surface area contributed by atoms with E-state index < -0.39 is 0 Å². The largest absolute Gasteiger partial charge is 0.494 e. The Morgan fingerprint density at radius 3 is 2.00 bits per heavy atom. The molecule has 0 aliphatic rings. The molecule has 160 valence electrons. The molecule has 2 aromatic rings. The zero-order valence-electron chi connectivity index (χ0n) is 19.5. The van der Waals surface area contributed by atoms with E-state index >= 15 is 0 Å². The fourth-order valence-electron chi connectivity index (χ4n) is 3.80. The van der Waals surface area contributed by atoms with E-state index in [0.29, 0.717) is 24.3 Å². The summed E-state index contributed by atoms with van der Waals surface area (Å²) in [5.74, 6) is 2.45. The molecule has 0 radical (unpaired) electrons. The number of ether oxygens (including phenoxy) is 2. The number of benzene rings is 1. The van der Waals surface area contributed by atoms with Crippen molar-refractivity contribution in [1.29, 1.82) is 0 Å². The molecule has 4 heteroatoms. The average Bonchev–Trinajstić information content (AvgIpc) is 2.71. The van der Waals surface area contributed by atoms with Gasteiger partial charge in [-0.2, -0.15) is 0 Å². The lowest BCUT2D eigenvalue weighted by molar-refractivity contribution is 0.0976. The number of aromatic nitrogens is 2. The molecule has 0 saturated heterocycles. The van der Waals surface area contributed by atoms with Gasteiger partial charge in [-0.1, -0.05) is 48.5 Å². The van der Waals surface area contributed by atoms with E-state index in [-0.39, 0.29) is 6.10 Å². The van der Waals surface area contributed by atoms with E-state index in [4.69, 9.17) is 19.4 Å². The fourth-order valence-corrected chi connectivity index (χ4v) is 3.80. The minimum atomic E-state index is 0.127. The highest BCUT2D eigenvalue weighted by molar-refractivity contribution is 5.67. The van der Waals surface area contributed by atoms with Crippen molar-refractivity contribution in [2.45, 2.75) is 80.8 Å². The first-order valence-electron chi connectivity index (χ1n) is 11.2. The quantitative estimate of drug-likeness (QED) is 0.472. The predicted octanol–water partition coefficient (Wildman–Crippen LogP) is 6.29. The van der Waals surface area contributed by atoms with Gasteiger partial charge in [-0.15, -0.1) is 0 Å². The van der Waals surface area contributed by atoms with Gasteiger partial charge in [-0.25, -0.2) is 9.97 Å². The highest BCUT2D eigenvalue weighted by atomic mass is 16.5. The Morgan fingerprint density at radius 1 is 0.828 bits per heavy atom. The van der Waals surface area contributed by atoms with Crippen LogP contribution in [0.4, 0.5) is 0 Å². The van der Waals surface area contributed by atoms with Crippen molar-refractivity contribution in [1.82, 2.24) is 9.97 Å². The van der Waals surface area contributed by atoms with Crippen LogP contribution in [0.1, 0.15) is 72.3 Å². The van der Waals surface area contributed by atoms with Crippen molar-refractivity contribution in [2.75, 3.05) is 6.61 Å². The summed E-state index contributed by atoms with van der Waals surface area (Å²) in [6, 6.07) is 6.28. The van der Waals surface area contributed by atoms with Crippen molar-refractivity contribution in [2.24, 2.45) is 11.8 Å². The molecule has 0 saturated carbocycles. The number of hydrogen-bond acceptors (Lipinski definition) is 4. The molecule has 0 aliphatic carbocycles. The lowest BCUT2D eigenvalue weighted by atomic mass is 9.96. The van der Waals surface area contributed by atoms with E-state index in [1.807, 2.05) is 13.0 Å². The average molecular weight is 399 g/mol. The van der Waals surface area contributed by atoms with Crippen molar-refractivity contribution >= 4 is 0 Å². The number of nitrogens with zero attached hydrogens (tertiary/aromatic N) is 2. The lowest BCUT2D eigenvalue weighted by Gasteiger charge is -2.27. The topological polar surface area (TPSA) is 44.2 Å². The van der Waals surface area contributed by atoms with Gasteiger partial charge in [0, 0.05) is 5.56 Å². The van der Waals surface area contributed by atoms with Gasteiger partial charge >= 0.3 is 0 Å². The Bertz CT molecular complexity index is 792. The maximum absolute atomic E-state index is 6.41. The monoisotopic (exact) mass is 398 g/mol. The summed E-state index contributed by atoms with van der Waals surface area (Å²) in [6.07, 6.45) is 2.65. The number of aryl methyl sites for hydroxylation is 3. The van der Waals surface area contributed by atoms with Gasteiger partial charge in [0.2, 0.25) is 5.88 Å². The van der Waals surface area contributed by atoms with E-state index in [0.717, 1.165) is 47.7 Å². The first kappa shape index (κ1) is 23.2. The fraction of sp³-hybridized carbons (Fsp3) is 0.600. The summed E-state index contributed by atoms with van der Waals surface area (Å²) in [5, 5.41) is 0. The molecule has 1 aromatic carbocycles. The smallest absolute Gasteiger partial charge is 0.236 e. The van der Waals surface area contributed by atoms with Crippen LogP contribution in [0.25, 0.3) is 11.3 Å². The second kappa shape index (κ2) is 10.6. The van der Waals surface area contributed by atoms with Crippen LogP contribution in [-0.2, 0) is 19.3 Å². The van der Waals surface area contributed by atoms with Crippen molar-refractivity contribution in [3.05, 3.63) is 35.2 Å². The molecule has 4 nitrogen and oxygen atoms in total. The van der Waals surface area contributed by atoms with Crippen LogP contribution in [0.15, 0.2) is 18.2 Å². The molecule has 29 heavy (non-hydrogen) atoms. The lowest BCUT2D eigenvalue weighted by Crippen LogP contribution is -2.30. The zero-order valence-corrected chi connectivity index (χ0v) is 19.5. The summed E-state index contributed by atoms with van der Waals surface area (Å²) in [4.78, 5) is 10.0. The van der Waals surface area contributed by atoms with Crippen LogP contribution in [0.5, 0.6) is 11.6 Å². The van der Waals surface area contributed by atoms with E-state index in [9.17, 15) is 0 Å². The minimum Gasteiger partial charge on any atom is -0.494 e. The van der Waals surface area contributed by atoms with Crippen molar-refractivity contribution in [3.8, 4) is 22.9 Å². The van der Waals surface area contributed by atoms with Crippen LogP contribution < -0.4 is 9.47 Å². The number of hydrogen-bond donors (Lipinski definition) is 0. The van der Waals surface area contributed by atoms with Crippen LogP contribution in [-0.4, -0.2) is 22.7 Å². The van der Waals surface area contributed by atoms with Gasteiger partial charge in [0.05, 0.1) is 18.0 Å². The molecule has 0 N–H and O–H groups in total. The Hall–Kier alpha value is -2.10. The SMILES string of the molecule is CCOc1ccc(-c2nc(CC)c(OC(C(C)C)C(C)C)nc2CC)c(CC)c1. The normalized spacial score (nSPS) is 11.6. The summed E-state index contributed by atoms with van der Waals surface area (Å²) < 4.78 is 12.1. The highest BCUT2D eigenvalue weighted by Gasteiger charge is 2.23. The Balaban J connectivity index is 2.55. The third-order valence-corrected chi connectivity index (χ3v) is 5.26. The van der Waals surface area contributed by atoms with Gasteiger partial charge in [-0.3, -0.25) is 0 Å². The molecule has 0 spiro atoms. The van der Waals surface area contributed by atoms with Gasteiger partial charge in [0.15, 0.2) is 0 Å². The Kier molecular flexibility index (Phi) is 8.48. The molecule has 1 aromatic heterocycles. The van der Waals surface area contributed by atoms with Gasteiger partial charge in [0.1, 0.15) is 17.5 Å². The third kappa shape index (κ3) is 5.49. The highest BCUT2D eigenvalue weighted by Crippen LogP contribution is 2.32. The van der Waals surface area contributed by atoms with E-state index in [1.54, 1.807) is 0 Å². The predicted molar refractivity (Wildman–Crippen MR) is 121 cm³/mol. The van der Waals surface area contributed by atoms with Crippen LogP contribution in [0, 0.1) is 11.8 Å². The molecule has 0 atom stereocenters. The summed E-state index contributed by atoms with van der Waals surface area (Å²) in [6.45, 7) is 17.9. The standard InChI is InChI=1S/C25H38N2O2/c1-9-18-15-19(28-12-4)13-14-20(18)23-21(10-2)27-25(22(11-3)26-23)29-24(16(5)6)17(7)8/h13-17,24H,9-12H2,1-8H3. The second-order valence-electron chi connectivity index (χ2n) is 8.15. The third-order valence-electron chi connectivity index (χ3n) is 5.26. The first-order valence-corrected chi connectivity index (χ1v) is 11.2. The van der Waals surface area contributed by atoms with Crippen molar-refractivity contribution in [3.63, 3.8) is 0 Å². The van der Waals surface area contributed by atoms with Crippen molar-refractivity contribution < 1.29 is 9.47 Å². The van der Waals surface area contributed by atoms with Gasteiger partial charge < -0.3 is 9.47 Å². The summed E-state index contributed by atoms with van der Waals surface area (Å²) in [5.41, 5.74) is 5.27. The summed E-state index contributed by atoms with van der Waals surface area (Å²) >= 11 is 0.